The van der Waals surface area contributed by atoms with Crippen LogP contribution >= 0.6 is 43.5 Å². The summed E-state index contributed by atoms with van der Waals surface area (Å²) in [6.45, 7) is 0.456. The fraction of sp³-hybridized carbons (Fsp3) is 0.143. The summed E-state index contributed by atoms with van der Waals surface area (Å²) in [5.41, 5.74) is 7.85. The van der Waals surface area contributed by atoms with Gasteiger partial charge < -0.3 is 11.1 Å². The Hall–Kier alpha value is -0.550. The van der Waals surface area contributed by atoms with Crippen molar-refractivity contribution in [1.29, 1.82) is 0 Å². The largest absolute Gasteiger partial charge is 0.376 e. The van der Waals surface area contributed by atoms with Crippen molar-refractivity contribution in [3.63, 3.8) is 0 Å². The predicted octanol–water partition coefficient (Wildman–Crippen LogP) is 4.98. The number of nitrogens with one attached hydrogen (secondary N) is 1. The van der Waals surface area contributed by atoms with Crippen LogP contribution in [0.3, 0.4) is 0 Å². The monoisotopic (exact) mass is 402 g/mol. The van der Waals surface area contributed by atoms with Gasteiger partial charge in [0.05, 0.1) is 6.04 Å². The number of para-hydroxylation sites is 1. The molecule has 0 bridgehead atoms. The molecular formula is C14H13Br2ClN2. The maximum atomic E-state index is 6.25. The second-order valence-electron chi connectivity index (χ2n) is 4.08. The molecule has 2 nitrogen and oxygen atoms in total. The fourth-order valence-electron chi connectivity index (χ4n) is 1.81. The minimum atomic E-state index is -0.0382. The Morgan fingerprint density at radius 2 is 1.89 bits per heavy atom. The summed E-state index contributed by atoms with van der Waals surface area (Å²) in [4.78, 5) is 0. The van der Waals surface area contributed by atoms with Crippen LogP contribution in [0.2, 0.25) is 5.02 Å². The van der Waals surface area contributed by atoms with E-state index in [1.54, 1.807) is 0 Å². The van der Waals surface area contributed by atoms with Crippen LogP contribution in [-0.2, 0) is 0 Å². The zero-order valence-electron chi connectivity index (χ0n) is 10.0. The minimum Gasteiger partial charge on any atom is -0.376 e. The standard InChI is InChI=1S/C14H13Br2ClN2/c15-9-5-6-12(17)10(7-9)14(8-18)19-13-4-2-1-3-11(13)16/h1-7,14,19H,8,18H2. The minimum absolute atomic E-state index is 0.0382. The van der Waals surface area contributed by atoms with Crippen LogP contribution in [0, 0.1) is 0 Å². The number of hydrogen-bond donors (Lipinski definition) is 2. The van der Waals surface area contributed by atoms with Crippen molar-refractivity contribution in [3.8, 4) is 0 Å². The molecule has 1 atom stereocenters. The van der Waals surface area contributed by atoms with E-state index < -0.39 is 0 Å². The molecule has 2 aromatic carbocycles. The van der Waals surface area contributed by atoms with E-state index in [1.807, 2.05) is 42.5 Å². The van der Waals surface area contributed by atoms with Gasteiger partial charge in [0.1, 0.15) is 0 Å². The van der Waals surface area contributed by atoms with Crippen LogP contribution in [0.5, 0.6) is 0 Å². The van der Waals surface area contributed by atoms with Crippen molar-refractivity contribution in [1.82, 2.24) is 0 Å². The van der Waals surface area contributed by atoms with Gasteiger partial charge in [0.15, 0.2) is 0 Å². The molecular weight excluding hydrogens is 391 g/mol. The first-order chi connectivity index (χ1) is 9.11. The number of benzene rings is 2. The third-order valence-electron chi connectivity index (χ3n) is 2.77. The van der Waals surface area contributed by atoms with E-state index in [4.69, 9.17) is 17.3 Å². The van der Waals surface area contributed by atoms with Crippen LogP contribution < -0.4 is 11.1 Å². The Morgan fingerprint density at radius 1 is 1.16 bits per heavy atom. The highest BCUT2D eigenvalue weighted by molar-refractivity contribution is 9.10. The lowest BCUT2D eigenvalue weighted by Crippen LogP contribution is -2.21. The smallest absolute Gasteiger partial charge is 0.0651 e. The lowest BCUT2D eigenvalue weighted by molar-refractivity contribution is 0.789. The lowest BCUT2D eigenvalue weighted by Gasteiger charge is -2.21. The lowest BCUT2D eigenvalue weighted by atomic mass is 10.1. The van der Waals surface area contributed by atoms with Gasteiger partial charge in [-0.25, -0.2) is 0 Å². The van der Waals surface area contributed by atoms with Crippen molar-refractivity contribution in [2.75, 3.05) is 11.9 Å². The van der Waals surface area contributed by atoms with Gasteiger partial charge in [-0.2, -0.15) is 0 Å². The first kappa shape index (κ1) is 14.9. The van der Waals surface area contributed by atoms with Crippen molar-refractivity contribution < 1.29 is 0 Å². The first-order valence-corrected chi connectivity index (χ1v) is 7.74. The molecule has 0 amide bonds. The molecule has 100 valence electrons. The molecule has 1 unspecified atom stereocenters. The molecule has 0 aliphatic rings. The molecule has 19 heavy (non-hydrogen) atoms. The Kier molecular flexibility index (Phi) is 5.28. The van der Waals surface area contributed by atoms with E-state index >= 15 is 0 Å². The molecule has 2 aromatic rings. The average Bonchev–Trinajstić information content (AvgIpc) is 2.41. The SMILES string of the molecule is NCC(Nc1ccccc1Br)c1cc(Br)ccc1Cl. The Morgan fingerprint density at radius 3 is 2.58 bits per heavy atom. The van der Waals surface area contributed by atoms with Crippen LogP contribution in [0.25, 0.3) is 0 Å². The summed E-state index contributed by atoms with van der Waals surface area (Å²) in [5.74, 6) is 0. The van der Waals surface area contributed by atoms with Crippen LogP contribution in [0.4, 0.5) is 5.69 Å². The molecule has 0 radical (unpaired) electrons. The summed E-state index contributed by atoms with van der Waals surface area (Å²) in [6, 6.07) is 13.7. The number of hydrogen-bond acceptors (Lipinski definition) is 2. The molecule has 5 heteroatoms. The third-order valence-corrected chi connectivity index (χ3v) is 4.30. The Labute approximate surface area is 134 Å². The normalized spacial score (nSPS) is 12.2. The van der Waals surface area contributed by atoms with E-state index in [1.165, 1.54) is 0 Å². The summed E-state index contributed by atoms with van der Waals surface area (Å²) < 4.78 is 1.99. The van der Waals surface area contributed by atoms with Crippen molar-refractivity contribution in [2.24, 2.45) is 5.73 Å². The van der Waals surface area contributed by atoms with Gasteiger partial charge >= 0.3 is 0 Å². The van der Waals surface area contributed by atoms with Crippen LogP contribution in [-0.4, -0.2) is 6.54 Å². The molecule has 0 spiro atoms. The van der Waals surface area contributed by atoms with Crippen molar-refractivity contribution >= 4 is 49.1 Å². The third kappa shape index (κ3) is 3.72. The maximum absolute atomic E-state index is 6.25. The summed E-state index contributed by atoms with van der Waals surface area (Å²) in [5, 5.41) is 4.11. The van der Waals surface area contributed by atoms with E-state index in [-0.39, 0.29) is 6.04 Å². The van der Waals surface area contributed by atoms with Crippen molar-refractivity contribution in [2.45, 2.75) is 6.04 Å². The Balaban J connectivity index is 2.30. The van der Waals surface area contributed by atoms with E-state index in [2.05, 4.69) is 37.2 Å². The summed E-state index contributed by atoms with van der Waals surface area (Å²) in [6.07, 6.45) is 0. The second-order valence-corrected chi connectivity index (χ2v) is 6.26. The highest BCUT2D eigenvalue weighted by Gasteiger charge is 2.14. The molecule has 0 aromatic heterocycles. The van der Waals surface area contributed by atoms with E-state index in [9.17, 15) is 0 Å². The molecule has 0 heterocycles. The molecule has 0 saturated heterocycles. The summed E-state index contributed by atoms with van der Waals surface area (Å²) >= 11 is 13.2. The average molecular weight is 405 g/mol. The van der Waals surface area contributed by atoms with Crippen LogP contribution in [0.1, 0.15) is 11.6 Å². The van der Waals surface area contributed by atoms with E-state index in [0.717, 1.165) is 20.2 Å². The van der Waals surface area contributed by atoms with Gasteiger partial charge in [-0.1, -0.05) is 39.7 Å². The van der Waals surface area contributed by atoms with Gasteiger partial charge in [-0.3, -0.25) is 0 Å². The molecule has 3 N–H and O–H groups in total. The van der Waals surface area contributed by atoms with E-state index in [0.29, 0.717) is 11.6 Å². The first-order valence-electron chi connectivity index (χ1n) is 5.78. The molecule has 0 fully saturated rings. The molecule has 0 saturated carbocycles. The van der Waals surface area contributed by atoms with Gasteiger partial charge in [0.2, 0.25) is 0 Å². The quantitative estimate of drug-likeness (QED) is 0.754. The zero-order chi connectivity index (χ0) is 13.8. The highest BCUT2D eigenvalue weighted by Crippen LogP contribution is 2.30. The van der Waals surface area contributed by atoms with Gasteiger partial charge in [-0.15, -0.1) is 0 Å². The van der Waals surface area contributed by atoms with Crippen molar-refractivity contribution in [3.05, 3.63) is 62.0 Å². The number of halogens is 3. The fourth-order valence-corrected chi connectivity index (χ4v) is 2.84. The van der Waals surface area contributed by atoms with Gasteiger partial charge in [-0.05, 0) is 51.8 Å². The highest BCUT2D eigenvalue weighted by atomic mass is 79.9. The predicted molar refractivity (Wildman–Crippen MR) is 88.7 cm³/mol. The van der Waals surface area contributed by atoms with Gasteiger partial charge in [0.25, 0.3) is 0 Å². The zero-order valence-corrected chi connectivity index (χ0v) is 14.0. The molecule has 2 rings (SSSR count). The summed E-state index contributed by atoms with van der Waals surface area (Å²) in [7, 11) is 0. The molecule has 0 aliphatic heterocycles. The molecule has 0 aliphatic carbocycles. The maximum Gasteiger partial charge on any atom is 0.0651 e. The number of nitrogens with two attached hydrogens (primary N) is 1. The van der Waals surface area contributed by atoms with Gasteiger partial charge in [0, 0.05) is 26.2 Å². The number of rotatable bonds is 4. The Bertz CT molecular complexity index is 575. The second kappa shape index (κ2) is 6.75. The number of anilines is 1. The topological polar surface area (TPSA) is 38.0 Å². The van der Waals surface area contributed by atoms with Crippen LogP contribution in [0.15, 0.2) is 51.4 Å².